The molecule has 3 saturated heterocycles. The molecule has 32 heavy (non-hydrogen) atoms. The van der Waals surface area contributed by atoms with Crippen LogP contribution in [0.2, 0.25) is 0 Å². The Morgan fingerprint density at radius 3 is 1.59 bits per heavy atom. The van der Waals surface area contributed by atoms with Crippen molar-refractivity contribution in [3.8, 4) is 0 Å². The first-order valence-corrected chi connectivity index (χ1v) is 9.63. The van der Waals surface area contributed by atoms with Crippen LogP contribution < -0.4 is 4.90 Å². The van der Waals surface area contributed by atoms with Crippen LogP contribution >= 0.6 is 11.8 Å². The Kier molecular flexibility index (Phi) is 17.3. The molecule has 0 saturated carbocycles. The van der Waals surface area contributed by atoms with Gasteiger partial charge in [0.2, 0.25) is 0 Å². The van der Waals surface area contributed by atoms with E-state index in [1.165, 1.54) is 21.2 Å². The van der Waals surface area contributed by atoms with Gasteiger partial charge in [0, 0.05) is 16.3 Å². The molecule has 6 rings (SSSR count). The molecule has 3 nitrogen and oxygen atoms in total. The number of β-amino-alcohol motifs (C(OH)–C–C–N with tert-alkyl or cyclic N) is 1. The third kappa shape index (κ3) is 6.30. The lowest BCUT2D eigenvalue weighted by Crippen LogP contribution is -2.63. The minimum atomic E-state index is -0.612. The van der Waals surface area contributed by atoms with Crippen LogP contribution in [0.15, 0.2) is 58.3 Å². The zero-order valence-corrected chi connectivity index (χ0v) is 14.5. The number of piperidine rings is 3. The van der Waals surface area contributed by atoms with E-state index >= 15 is 0 Å². The largest absolute Gasteiger partial charge is 0.386 e. The Morgan fingerprint density at radius 1 is 0.750 bits per heavy atom. The fourth-order valence-electron chi connectivity index (χ4n) is 4.55. The van der Waals surface area contributed by atoms with Crippen LogP contribution in [0.3, 0.4) is 0 Å². The maximum absolute atomic E-state index is 11.5. The minimum Gasteiger partial charge on any atom is -0.386 e. The first-order valence-electron chi connectivity index (χ1n) is 8.81. The quantitative estimate of drug-likeness (QED) is 0.478. The van der Waals surface area contributed by atoms with E-state index in [0.717, 1.165) is 32.5 Å². The molecule has 1 unspecified atom stereocenters. The van der Waals surface area contributed by atoms with Crippen LogP contribution in [-0.2, 0) is 0 Å². The summed E-state index contributed by atoms with van der Waals surface area (Å²) in [5, 5.41) is 11.5. The number of fused-ring (bicyclic) bond motifs is 5. The van der Waals surface area contributed by atoms with E-state index in [0.29, 0.717) is 12.5 Å². The molecule has 1 N–H and O–H groups in total. The van der Waals surface area contributed by atoms with Crippen molar-refractivity contribution < 1.29 is 5.11 Å². The molecule has 1 atom stereocenters. The summed E-state index contributed by atoms with van der Waals surface area (Å²) in [6.07, 6.45) is 2.25. The summed E-state index contributed by atoms with van der Waals surface area (Å²) >= 11 is 1.83. The maximum Gasteiger partial charge on any atom is 0.0980 e. The van der Waals surface area contributed by atoms with Gasteiger partial charge in [-0.3, -0.25) is 0 Å². The average Bonchev–Trinajstić information content (AvgIpc) is 2.62. The third-order valence-corrected chi connectivity index (χ3v) is 6.94. The second kappa shape index (κ2) is 14.6. The topological polar surface area (TPSA) is 26.7 Å². The maximum atomic E-state index is 11.5. The number of hydrogen-bond donors (Lipinski definition) is 1. The van der Waals surface area contributed by atoms with Gasteiger partial charge in [-0.15, -0.1) is 0 Å². The lowest BCUT2D eigenvalue weighted by molar-refractivity contribution is -0.104. The molecule has 4 aliphatic rings. The van der Waals surface area contributed by atoms with Crippen LogP contribution in [0.4, 0.5) is 11.4 Å². The lowest BCUT2D eigenvalue weighted by Gasteiger charge is -2.52. The predicted molar refractivity (Wildman–Crippen MR) is 152 cm³/mol. The van der Waals surface area contributed by atoms with Gasteiger partial charge in [-0.05, 0) is 56.1 Å². The molecule has 0 aliphatic carbocycles. The van der Waals surface area contributed by atoms with Gasteiger partial charge in [-0.1, -0.05) is 95.4 Å². The lowest BCUT2D eigenvalue weighted by atomic mass is 9.75. The van der Waals surface area contributed by atoms with Gasteiger partial charge in [0.1, 0.15) is 0 Å². The van der Waals surface area contributed by atoms with E-state index in [2.05, 4.69) is 58.3 Å². The van der Waals surface area contributed by atoms with E-state index < -0.39 is 5.60 Å². The van der Waals surface area contributed by atoms with Gasteiger partial charge in [0.15, 0.2) is 0 Å². The second-order valence-corrected chi connectivity index (χ2v) is 8.36. The molecule has 3 fully saturated rings. The Hall–Kier alpha value is -1.49. The van der Waals surface area contributed by atoms with Gasteiger partial charge in [0.05, 0.1) is 23.5 Å². The molecule has 4 aliphatic heterocycles. The molecule has 2 aromatic carbocycles. The highest BCUT2D eigenvalue weighted by Gasteiger charge is 2.47. The monoisotopic (exact) mass is 466 g/mol. The zero-order valence-electron chi connectivity index (χ0n) is 13.7. The zero-order chi connectivity index (χ0) is 16.1. The molecule has 0 radical (unpaired) electrons. The van der Waals surface area contributed by atoms with E-state index in [9.17, 15) is 5.11 Å². The van der Waals surface area contributed by atoms with Crippen LogP contribution in [0.25, 0.3) is 0 Å². The predicted octanol–water partition coefficient (Wildman–Crippen LogP) is 8.83. The summed E-state index contributed by atoms with van der Waals surface area (Å²) in [6, 6.07) is 17.1. The Bertz CT molecular complexity index is 728. The number of benzene rings is 2. The second-order valence-electron chi connectivity index (χ2n) is 7.28. The Morgan fingerprint density at radius 2 is 1.19 bits per heavy atom. The van der Waals surface area contributed by atoms with E-state index in [1.807, 2.05) is 11.8 Å². The highest BCUT2D eigenvalue weighted by atomic mass is 32.2. The molecule has 2 aromatic rings. The third-order valence-electron chi connectivity index (χ3n) is 5.81. The van der Waals surface area contributed by atoms with E-state index in [-0.39, 0.29) is 59.4 Å². The Labute approximate surface area is 206 Å². The van der Waals surface area contributed by atoms with Crippen molar-refractivity contribution in [1.82, 2.24) is 4.90 Å². The Balaban J connectivity index is -0.000000490. The number of rotatable bonds is 2. The average molecular weight is 467 g/mol. The molecule has 4 heterocycles. The standard InChI is InChI=1S/C20H22N2OS.8CH4/c23-20(13-21-11-9-15(20)10-12-21)14-22-16-5-1-3-7-18(16)24-19-8-4-2-6-17(19)22;;;;;;;;/h1-8,15,23H,9-14H2;8*1H4. The highest BCUT2D eigenvalue weighted by molar-refractivity contribution is 7.99. The van der Waals surface area contributed by atoms with Gasteiger partial charge in [-0.25, -0.2) is 0 Å². The summed E-state index contributed by atoms with van der Waals surface area (Å²) in [6.45, 7) is 3.79. The summed E-state index contributed by atoms with van der Waals surface area (Å²) < 4.78 is 0. The fourth-order valence-corrected chi connectivity index (χ4v) is 5.64. The number of aliphatic hydroxyl groups is 1. The van der Waals surface area contributed by atoms with E-state index in [1.54, 1.807) is 0 Å². The fraction of sp³-hybridized carbons (Fsp3) is 0.571. The molecule has 0 spiro atoms. The summed E-state index contributed by atoms with van der Waals surface area (Å²) in [5.41, 5.74) is 1.84. The summed E-state index contributed by atoms with van der Waals surface area (Å²) in [4.78, 5) is 7.33. The van der Waals surface area contributed by atoms with Crippen molar-refractivity contribution in [2.75, 3.05) is 31.1 Å². The van der Waals surface area contributed by atoms with Crippen molar-refractivity contribution in [1.29, 1.82) is 0 Å². The molecule has 0 amide bonds. The van der Waals surface area contributed by atoms with Gasteiger partial charge in [0.25, 0.3) is 0 Å². The van der Waals surface area contributed by atoms with Crippen molar-refractivity contribution in [3.63, 3.8) is 0 Å². The smallest absolute Gasteiger partial charge is 0.0980 e. The van der Waals surface area contributed by atoms with Crippen LogP contribution in [-0.4, -0.2) is 41.8 Å². The van der Waals surface area contributed by atoms with Gasteiger partial charge >= 0.3 is 0 Å². The van der Waals surface area contributed by atoms with Crippen molar-refractivity contribution in [2.24, 2.45) is 5.92 Å². The number of nitrogens with zero attached hydrogens (tertiary/aromatic N) is 2. The van der Waals surface area contributed by atoms with E-state index in [4.69, 9.17) is 0 Å². The first kappa shape index (κ1) is 37.8. The minimum absolute atomic E-state index is 0. The van der Waals surface area contributed by atoms with Crippen LogP contribution in [0.5, 0.6) is 0 Å². The molecule has 4 heteroatoms. The van der Waals surface area contributed by atoms with Gasteiger partial charge in [-0.2, -0.15) is 0 Å². The summed E-state index contributed by atoms with van der Waals surface area (Å²) in [5.74, 6) is 0.427. The normalized spacial score (nSPS) is 23.1. The number of anilines is 2. The van der Waals surface area contributed by atoms with Crippen LogP contribution in [0.1, 0.15) is 72.3 Å². The molecular weight excluding hydrogens is 412 g/mol. The number of hydrogen-bond acceptors (Lipinski definition) is 4. The van der Waals surface area contributed by atoms with Crippen molar-refractivity contribution in [3.05, 3.63) is 48.5 Å². The molecule has 2 bridgehead atoms. The van der Waals surface area contributed by atoms with Crippen molar-refractivity contribution >= 4 is 23.1 Å². The van der Waals surface area contributed by atoms with Crippen LogP contribution in [0, 0.1) is 5.92 Å². The molecule has 188 valence electrons. The SMILES string of the molecule is C.C.C.C.C.C.C.C.OC1(CN2c3ccccc3Sc3ccccc32)CN2CCC1CC2. The molecule has 0 aromatic heterocycles. The highest BCUT2D eigenvalue weighted by Crippen LogP contribution is 2.49. The van der Waals surface area contributed by atoms with Crippen molar-refractivity contribution in [2.45, 2.75) is 87.6 Å². The summed E-state index contributed by atoms with van der Waals surface area (Å²) in [7, 11) is 0. The molecular formula is C28H54N2OS. The first-order chi connectivity index (χ1) is 11.7. The van der Waals surface area contributed by atoms with Gasteiger partial charge < -0.3 is 14.9 Å². The number of para-hydroxylation sites is 2.